The van der Waals surface area contributed by atoms with Crippen LogP contribution >= 0.6 is 0 Å². The van der Waals surface area contributed by atoms with Crippen molar-refractivity contribution in [2.75, 3.05) is 33.3 Å². The second kappa shape index (κ2) is 6.51. The lowest BCUT2D eigenvalue weighted by atomic mass is 10.0. The topological polar surface area (TPSA) is 26.7 Å². The first-order chi connectivity index (χ1) is 9.15. The molecule has 1 aliphatic rings. The zero-order valence-electron chi connectivity index (χ0n) is 12.3. The van der Waals surface area contributed by atoms with Crippen molar-refractivity contribution in [2.24, 2.45) is 0 Å². The van der Waals surface area contributed by atoms with E-state index in [0.29, 0.717) is 6.04 Å². The maximum atomic E-state index is 9.76. The minimum absolute atomic E-state index is 0.141. The van der Waals surface area contributed by atoms with Crippen LogP contribution in [0.2, 0.25) is 0 Å². The van der Waals surface area contributed by atoms with Gasteiger partial charge in [-0.1, -0.05) is 31.2 Å². The van der Waals surface area contributed by atoms with Crippen LogP contribution in [0, 0.1) is 0 Å². The average Bonchev–Trinajstić information content (AvgIpc) is 2.44. The summed E-state index contributed by atoms with van der Waals surface area (Å²) in [5.74, 6) is 0. The number of likely N-dealkylation sites (N-methyl/N-ethyl adjacent to an activating group) is 1. The summed E-state index contributed by atoms with van der Waals surface area (Å²) in [4.78, 5) is 4.79. The predicted octanol–water partition coefficient (Wildman–Crippen LogP) is 1.92. The minimum Gasteiger partial charge on any atom is -0.394 e. The molecule has 0 bridgehead atoms. The molecule has 19 heavy (non-hydrogen) atoms. The summed E-state index contributed by atoms with van der Waals surface area (Å²) in [6.45, 7) is 7.74. The fraction of sp³-hybridized carbons (Fsp3) is 0.625. The largest absolute Gasteiger partial charge is 0.394 e. The Morgan fingerprint density at radius 2 is 1.95 bits per heavy atom. The Balaban J connectivity index is 2.10. The summed E-state index contributed by atoms with van der Waals surface area (Å²) in [5.41, 5.74) is 2.59. The monoisotopic (exact) mass is 262 g/mol. The number of nitrogens with zero attached hydrogens (tertiary/aromatic N) is 2. The molecule has 0 radical (unpaired) electrons. The molecule has 2 atom stereocenters. The molecule has 3 heteroatoms. The van der Waals surface area contributed by atoms with Gasteiger partial charge in [0.05, 0.1) is 12.6 Å². The summed E-state index contributed by atoms with van der Waals surface area (Å²) >= 11 is 0. The van der Waals surface area contributed by atoms with E-state index in [9.17, 15) is 5.11 Å². The molecule has 0 saturated carbocycles. The number of hydrogen-bond acceptors (Lipinski definition) is 3. The van der Waals surface area contributed by atoms with Crippen molar-refractivity contribution >= 4 is 0 Å². The van der Waals surface area contributed by atoms with Gasteiger partial charge in [-0.15, -0.1) is 0 Å². The maximum absolute atomic E-state index is 9.76. The molecule has 1 fully saturated rings. The SMILES string of the molecule is CCc1ccc(C(CO)N2CCN(C)C(C)C2)cc1. The zero-order valence-corrected chi connectivity index (χ0v) is 12.3. The van der Waals surface area contributed by atoms with Crippen LogP contribution in [0.25, 0.3) is 0 Å². The number of aliphatic hydroxyl groups is 1. The van der Waals surface area contributed by atoms with Crippen molar-refractivity contribution in [3.05, 3.63) is 35.4 Å². The highest BCUT2D eigenvalue weighted by Crippen LogP contribution is 2.23. The minimum atomic E-state index is 0.141. The lowest BCUT2D eigenvalue weighted by Crippen LogP contribution is -2.51. The van der Waals surface area contributed by atoms with Gasteiger partial charge in [0.2, 0.25) is 0 Å². The Bertz CT molecular complexity index is 390. The number of aryl methyl sites for hydroxylation is 1. The van der Waals surface area contributed by atoms with Gasteiger partial charge in [-0.05, 0) is 31.5 Å². The van der Waals surface area contributed by atoms with Gasteiger partial charge in [0.1, 0.15) is 0 Å². The lowest BCUT2D eigenvalue weighted by molar-refractivity contribution is 0.0464. The molecule has 0 amide bonds. The molecule has 1 aromatic rings. The van der Waals surface area contributed by atoms with E-state index in [1.165, 1.54) is 11.1 Å². The van der Waals surface area contributed by atoms with Crippen LogP contribution in [0.1, 0.15) is 31.0 Å². The third-order valence-electron chi connectivity index (χ3n) is 4.38. The second-order valence-electron chi connectivity index (χ2n) is 5.62. The van der Waals surface area contributed by atoms with Gasteiger partial charge in [-0.3, -0.25) is 4.90 Å². The van der Waals surface area contributed by atoms with Gasteiger partial charge >= 0.3 is 0 Å². The second-order valence-corrected chi connectivity index (χ2v) is 5.62. The molecular formula is C16H26N2O. The van der Waals surface area contributed by atoms with Gasteiger partial charge < -0.3 is 10.0 Å². The van der Waals surface area contributed by atoms with Crippen LogP contribution in [0.15, 0.2) is 24.3 Å². The summed E-state index contributed by atoms with van der Waals surface area (Å²) in [6.07, 6.45) is 1.07. The van der Waals surface area contributed by atoms with Crippen LogP contribution in [-0.2, 0) is 6.42 Å². The molecule has 0 aliphatic carbocycles. The third-order valence-corrected chi connectivity index (χ3v) is 4.38. The highest BCUT2D eigenvalue weighted by atomic mass is 16.3. The van der Waals surface area contributed by atoms with E-state index in [1.807, 2.05) is 0 Å². The first-order valence-corrected chi connectivity index (χ1v) is 7.29. The molecule has 3 nitrogen and oxygen atoms in total. The van der Waals surface area contributed by atoms with E-state index < -0.39 is 0 Å². The third kappa shape index (κ3) is 3.35. The number of benzene rings is 1. The molecule has 2 rings (SSSR count). The van der Waals surface area contributed by atoms with Crippen molar-refractivity contribution in [3.8, 4) is 0 Å². The van der Waals surface area contributed by atoms with E-state index in [4.69, 9.17) is 0 Å². The van der Waals surface area contributed by atoms with Gasteiger partial charge in [0.15, 0.2) is 0 Å². The molecule has 2 unspecified atom stereocenters. The summed E-state index contributed by atoms with van der Waals surface area (Å²) < 4.78 is 0. The van der Waals surface area contributed by atoms with E-state index in [-0.39, 0.29) is 12.6 Å². The molecule has 1 aromatic carbocycles. The molecule has 1 heterocycles. The van der Waals surface area contributed by atoms with Crippen molar-refractivity contribution in [1.29, 1.82) is 0 Å². The average molecular weight is 262 g/mol. The van der Waals surface area contributed by atoms with E-state index in [0.717, 1.165) is 26.1 Å². The highest BCUT2D eigenvalue weighted by molar-refractivity contribution is 5.25. The summed E-state index contributed by atoms with van der Waals surface area (Å²) in [5, 5.41) is 9.76. The maximum Gasteiger partial charge on any atom is 0.0628 e. The number of piperazine rings is 1. The fourth-order valence-corrected chi connectivity index (χ4v) is 2.77. The molecule has 1 saturated heterocycles. The van der Waals surface area contributed by atoms with Gasteiger partial charge in [-0.2, -0.15) is 0 Å². The van der Waals surface area contributed by atoms with Crippen molar-refractivity contribution < 1.29 is 5.11 Å². The van der Waals surface area contributed by atoms with Crippen molar-refractivity contribution in [2.45, 2.75) is 32.4 Å². The van der Waals surface area contributed by atoms with Crippen LogP contribution in [0.3, 0.4) is 0 Å². The summed E-state index contributed by atoms with van der Waals surface area (Å²) in [7, 11) is 2.17. The van der Waals surface area contributed by atoms with Crippen LogP contribution in [0.4, 0.5) is 0 Å². The Kier molecular flexibility index (Phi) is 4.97. The lowest BCUT2D eigenvalue weighted by Gasteiger charge is -2.41. The number of aliphatic hydroxyl groups excluding tert-OH is 1. The van der Waals surface area contributed by atoms with E-state index in [1.54, 1.807) is 0 Å². The van der Waals surface area contributed by atoms with Crippen LogP contribution in [-0.4, -0.2) is 54.2 Å². The Morgan fingerprint density at radius 3 is 2.47 bits per heavy atom. The smallest absolute Gasteiger partial charge is 0.0628 e. The van der Waals surface area contributed by atoms with Crippen LogP contribution < -0.4 is 0 Å². The molecule has 106 valence electrons. The molecule has 1 aliphatic heterocycles. The predicted molar refractivity (Wildman–Crippen MR) is 79.3 cm³/mol. The quantitative estimate of drug-likeness (QED) is 0.898. The molecule has 1 N–H and O–H groups in total. The first kappa shape index (κ1) is 14.5. The van der Waals surface area contributed by atoms with Gasteiger partial charge in [0.25, 0.3) is 0 Å². The number of hydrogen-bond donors (Lipinski definition) is 1. The summed E-state index contributed by atoms with van der Waals surface area (Å²) in [6, 6.07) is 9.39. The zero-order chi connectivity index (χ0) is 13.8. The fourth-order valence-electron chi connectivity index (χ4n) is 2.77. The van der Waals surface area contributed by atoms with Gasteiger partial charge in [-0.25, -0.2) is 0 Å². The van der Waals surface area contributed by atoms with E-state index in [2.05, 4.69) is 55.0 Å². The van der Waals surface area contributed by atoms with Gasteiger partial charge in [0, 0.05) is 25.7 Å². The molecule has 0 spiro atoms. The first-order valence-electron chi connectivity index (χ1n) is 7.29. The van der Waals surface area contributed by atoms with E-state index >= 15 is 0 Å². The standard InChI is InChI=1S/C16H26N2O/c1-4-14-5-7-15(8-6-14)16(12-19)18-10-9-17(3)13(2)11-18/h5-8,13,16,19H,4,9-12H2,1-3H3. The normalized spacial score (nSPS) is 23.5. The highest BCUT2D eigenvalue weighted by Gasteiger charge is 2.26. The molecular weight excluding hydrogens is 236 g/mol. The van der Waals surface area contributed by atoms with Crippen LogP contribution in [0.5, 0.6) is 0 Å². The Morgan fingerprint density at radius 1 is 1.26 bits per heavy atom. The van der Waals surface area contributed by atoms with Crippen molar-refractivity contribution in [1.82, 2.24) is 9.80 Å². The Labute approximate surface area is 116 Å². The number of rotatable bonds is 4. The molecule has 0 aromatic heterocycles. The Hall–Kier alpha value is -0.900. The van der Waals surface area contributed by atoms with Crippen molar-refractivity contribution in [3.63, 3.8) is 0 Å².